The number of nitrogens with one attached hydrogen (secondary N) is 2. The minimum absolute atomic E-state index is 0.299. The molecule has 6 heteroatoms. The topological polar surface area (TPSA) is 90.9 Å². The van der Waals surface area contributed by atoms with Crippen molar-refractivity contribution in [1.29, 1.82) is 5.26 Å². The molecular weight excluding hydrogens is 276 g/mol. The number of hydrogen-bond acceptors (Lipinski definition) is 4. The van der Waals surface area contributed by atoms with Crippen LogP contribution in [-0.4, -0.2) is 5.91 Å². The number of rotatable bonds is 3. The SMILES string of the molecule is N#Cc1ccccc1NC(=O)c1cc(Cl)ccc1NN. The zero-order valence-electron chi connectivity index (χ0n) is 10.4. The summed E-state index contributed by atoms with van der Waals surface area (Å²) in [6.45, 7) is 0. The van der Waals surface area contributed by atoms with Crippen LogP contribution in [0, 0.1) is 11.3 Å². The number of amides is 1. The number of halogens is 1. The van der Waals surface area contributed by atoms with E-state index < -0.39 is 5.91 Å². The number of nitrogens with zero attached hydrogens (tertiary/aromatic N) is 1. The van der Waals surface area contributed by atoms with E-state index in [9.17, 15) is 4.79 Å². The van der Waals surface area contributed by atoms with Gasteiger partial charge in [0.15, 0.2) is 0 Å². The number of para-hydroxylation sites is 1. The van der Waals surface area contributed by atoms with Crippen LogP contribution in [-0.2, 0) is 0 Å². The lowest BCUT2D eigenvalue weighted by molar-refractivity contribution is 0.102. The number of hydrazine groups is 1. The van der Waals surface area contributed by atoms with Gasteiger partial charge in [-0.25, -0.2) is 0 Å². The van der Waals surface area contributed by atoms with Gasteiger partial charge in [-0.2, -0.15) is 5.26 Å². The van der Waals surface area contributed by atoms with Gasteiger partial charge in [-0.1, -0.05) is 23.7 Å². The second-order valence-corrected chi connectivity index (χ2v) is 4.38. The molecule has 1 amide bonds. The molecule has 0 saturated heterocycles. The largest absolute Gasteiger partial charge is 0.323 e. The summed E-state index contributed by atoms with van der Waals surface area (Å²) in [5.41, 5.74) is 3.99. The van der Waals surface area contributed by atoms with E-state index in [1.54, 1.807) is 36.4 Å². The van der Waals surface area contributed by atoms with Gasteiger partial charge in [0.25, 0.3) is 5.91 Å². The van der Waals surface area contributed by atoms with Crippen molar-refractivity contribution < 1.29 is 4.79 Å². The quantitative estimate of drug-likeness (QED) is 0.598. The molecule has 0 bridgehead atoms. The van der Waals surface area contributed by atoms with E-state index in [2.05, 4.69) is 10.7 Å². The molecule has 0 aromatic heterocycles. The van der Waals surface area contributed by atoms with E-state index in [0.29, 0.717) is 27.5 Å². The van der Waals surface area contributed by atoms with E-state index in [1.165, 1.54) is 6.07 Å². The Morgan fingerprint density at radius 2 is 1.95 bits per heavy atom. The number of carbonyl (C=O) groups is 1. The lowest BCUT2D eigenvalue weighted by Gasteiger charge is -2.11. The molecule has 5 nitrogen and oxygen atoms in total. The summed E-state index contributed by atoms with van der Waals surface area (Å²) < 4.78 is 0. The van der Waals surface area contributed by atoms with Crippen molar-refractivity contribution in [2.75, 3.05) is 10.7 Å². The average molecular weight is 287 g/mol. The molecule has 0 aliphatic heterocycles. The van der Waals surface area contributed by atoms with Crippen molar-refractivity contribution in [2.24, 2.45) is 5.84 Å². The summed E-state index contributed by atoms with van der Waals surface area (Å²) in [7, 11) is 0. The van der Waals surface area contributed by atoms with Crippen molar-refractivity contribution in [3.8, 4) is 6.07 Å². The third-order valence-corrected chi connectivity index (χ3v) is 2.91. The van der Waals surface area contributed by atoms with E-state index in [4.69, 9.17) is 22.7 Å². The normalized spacial score (nSPS) is 9.65. The van der Waals surface area contributed by atoms with E-state index >= 15 is 0 Å². The van der Waals surface area contributed by atoms with Gasteiger partial charge in [0, 0.05) is 5.02 Å². The third kappa shape index (κ3) is 2.88. The molecule has 0 aliphatic rings. The first-order valence-electron chi connectivity index (χ1n) is 5.72. The molecule has 0 fully saturated rings. The minimum atomic E-state index is -0.400. The van der Waals surface area contributed by atoms with Crippen LogP contribution >= 0.6 is 11.6 Å². The first kappa shape index (κ1) is 13.9. The van der Waals surface area contributed by atoms with Crippen LogP contribution in [0.5, 0.6) is 0 Å². The van der Waals surface area contributed by atoms with Crippen LogP contribution < -0.4 is 16.6 Å². The molecule has 100 valence electrons. The molecule has 0 unspecified atom stereocenters. The highest BCUT2D eigenvalue weighted by Crippen LogP contribution is 2.22. The van der Waals surface area contributed by atoms with E-state index in [-0.39, 0.29) is 0 Å². The fourth-order valence-electron chi connectivity index (χ4n) is 1.71. The Kier molecular flexibility index (Phi) is 4.20. The fourth-order valence-corrected chi connectivity index (χ4v) is 1.88. The van der Waals surface area contributed by atoms with Crippen molar-refractivity contribution in [1.82, 2.24) is 0 Å². The van der Waals surface area contributed by atoms with Gasteiger partial charge in [0.2, 0.25) is 0 Å². The maximum Gasteiger partial charge on any atom is 0.257 e. The highest BCUT2D eigenvalue weighted by molar-refractivity contribution is 6.31. The number of nitrogen functional groups attached to an aromatic ring is 1. The molecule has 0 saturated carbocycles. The van der Waals surface area contributed by atoms with Crippen molar-refractivity contribution in [2.45, 2.75) is 0 Å². The summed E-state index contributed by atoms with van der Waals surface area (Å²) in [4.78, 5) is 12.2. The maximum absolute atomic E-state index is 12.2. The average Bonchev–Trinajstić information content (AvgIpc) is 2.47. The lowest BCUT2D eigenvalue weighted by atomic mass is 10.1. The number of hydrogen-bond donors (Lipinski definition) is 3. The zero-order chi connectivity index (χ0) is 14.5. The standard InChI is InChI=1S/C14H11ClN4O/c15-10-5-6-13(19-17)11(7-10)14(20)18-12-4-2-1-3-9(12)8-16/h1-7,19H,17H2,(H,18,20). The van der Waals surface area contributed by atoms with Crippen molar-refractivity contribution in [3.05, 3.63) is 58.6 Å². The molecule has 0 spiro atoms. The molecule has 20 heavy (non-hydrogen) atoms. The van der Waals surface area contributed by atoms with Gasteiger partial charge < -0.3 is 10.7 Å². The Labute approximate surface area is 120 Å². The van der Waals surface area contributed by atoms with Gasteiger partial charge in [0.1, 0.15) is 6.07 Å². The Hall–Kier alpha value is -2.55. The molecule has 2 aromatic rings. The van der Waals surface area contributed by atoms with Crippen LogP contribution in [0.4, 0.5) is 11.4 Å². The first-order valence-corrected chi connectivity index (χ1v) is 6.10. The molecule has 4 N–H and O–H groups in total. The summed E-state index contributed by atoms with van der Waals surface area (Å²) in [6.07, 6.45) is 0. The molecule has 2 rings (SSSR count). The first-order chi connectivity index (χ1) is 9.65. The van der Waals surface area contributed by atoms with Crippen LogP contribution in [0.2, 0.25) is 5.02 Å². The van der Waals surface area contributed by atoms with Crippen LogP contribution in [0.15, 0.2) is 42.5 Å². The number of anilines is 2. The summed E-state index contributed by atoms with van der Waals surface area (Å²) in [5.74, 6) is 4.96. The third-order valence-electron chi connectivity index (χ3n) is 2.68. The predicted octanol–water partition coefficient (Wildman–Crippen LogP) is 2.75. The molecule has 2 aromatic carbocycles. The Bertz CT molecular complexity index is 694. The molecule has 0 aliphatic carbocycles. The smallest absolute Gasteiger partial charge is 0.257 e. The van der Waals surface area contributed by atoms with Gasteiger partial charge >= 0.3 is 0 Å². The monoisotopic (exact) mass is 286 g/mol. The summed E-state index contributed by atoms with van der Waals surface area (Å²) in [5, 5.41) is 12.1. The van der Waals surface area contributed by atoms with Gasteiger partial charge in [-0.05, 0) is 30.3 Å². The lowest BCUT2D eigenvalue weighted by Crippen LogP contribution is -2.17. The predicted molar refractivity (Wildman–Crippen MR) is 78.4 cm³/mol. The van der Waals surface area contributed by atoms with Gasteiger partial charge in [-0.3, -0.25) is 10.6 Å². The molecule has 0 radical (unpaired) electrons. The van der Waals surface area contributed by atoms with Crippen LogP contribution in [0.25, 0.3) is 0 Å². The van der Waals surface area contributed by atoms with E-state index in [0.717, 1.165) is 0 Å². The van der Waals surface area contributed by atoms with E-state index in [1.807, 2.05) is 6.07 Å². The second kappa shape index (κ2) is 6.06. The number of carbonyl (C=O) groups excluding carboxylic acids is 1. The van der Waals surface area contributed by atoms with Gasteiger partial charge in [-0.15, -0.1) is 0 Å². The van der Waals surface area contributed by atoms with Crippen LogP contribution in [0.1, 0.15) is 15.9 Å². The van der Waals surface area contributed by atoms with Gasteiger partial charge in [0.05, 0.1) is 22.5 Å². The second-order valence-electron chi connectivity index (χ2n) is 3.95. The minimum Gasteiger partial charge on any atom is -0.323 e. The number of benzene rings is 2. The van der Waals surface area contributed by atoms with Crippen molar-refractivity contribution >= 4 is 28.9 Å². The Morgan fingerprint density at radius 3 is 2.65 bits per heavy atom. The number of nitriles is 1. The van der Waals surface area contributed by atoms with Crippen LogP contribution in [0.3, 0.4) is 0 Å². The number of nitrogens with two attached hydrogens (primary N) is 1. The zero-order valence-corrected chi connectivity index (χ0v) is 11.1. The summed E-state index contributed by atoms with van der Waals surface area (Å²) in [6, 6.07) is 13.5. The maximum atomic E-state index is 12.2. The fraction of sp³-hybridized carbons (Fsp3) is 0. The summed E-state index contributed by atoms with van der Waals surface area (Å²) >= 11 is 5.88. The Balaban J connectivity index is 2.33. The Morgan fingerprint density at radius 1 is 1.20 bits per heavy atom. The highest BCUT2D eigenvalue weighted by Gasteiger charge is 2.13. The highest BCUT2D eigenvalue weighted by atomic mass is 35.5. The molecular formula is C14H11ClN4O. The molecule has 0 heterocycles. The molecule has 0 atom stereocenters. The van der Waals surface area contributed by atoms with Crippen molar-refractivity contribution in [3.63, 3.8) is 0 Å².